The van der Waals surface area contributed by atoms with Crippen LogP contribution in [0.2, 0.25) is 0 Å². The summed E-state index contributed by atoms with van der Waals surface area (Å²) < 4.78 is 0. The number of benzene rings is 2. The zero-order chi connectivity index (χ0) is 26.1. The van der Waals surface area contributed by atoms with Crippen molar-refractivity contribution in [2.75, 3.05) is 0 Å². The fourth-order valence-electron chi connectivity index (χ4n) is 6.03. The molecule has 0 amide bonds. The van der Waals surface area contributed by atoms with Gasteiger partial charge in [-0.3, -0.25) is 0 Å². The Kier molecular flexibility index (Phi) is 10.8. The number of halogens is 1. The minimum absolute atomic E-state index is 0.0319. The molecule has 0 saturated heterocycles. The standard InChI is InChI=1S/C29H44NP2.BrH.Co/c1-17(2)31(18(3)4)25-15-21(9)13-23-27(25)30-28-24(29(23,11)12)14-22(10)16-26(28)32(19(5)6)20(7)8;;/h13-20H,1-12H3;1H;/q-1;;+2/p+1. The molecule has 2 aromatic rings. The van der Waals surface area contributed by atoms with E-state index >= 15 is 0 Å². The van der Waals surface area contributed by atoms with E-state index in [-0.39, 0.29) is 5.41 Å². The molecule has 191 valence electrons. The number of fused-ring (bicyclic) bond motifs is 2. The third kappa shape index (κ3) is 5.97. The number of rotatable bonds is 6. The van der Waals surface area contributed by atoms with Gasteiger partial charge in [-0.2, -0.15) is 0 Å². The van der Waals surface area contributed by atoms with Crippen LogP contribution in [0.4, 0.5) is 11.4 Å². The molecule has 0 saturated carbocycles. The molecule has 0 aromatic heterocycles. The van der Waals surface area contributed by atoms with Crippen LogP contribution in [0.5, 0.6) is 0 Å². The summed E-state index contributed by atoms with van der Waals surface area (Å²) in [5.41, 5.74) is 11.0. The maximum absolute atomic E-state index is 5.61. The van der Waals surface area contributed by atoms with E-state index in [1.165, 1.54) is 33.6 Å². The van der Waals surface area contributed by atoms with Crippen molar-refractivity contribution in [1.82, 2.24) is 0 Å². The van der Waals surface area contributed by atoms with Gasteiger partial charge in [0.05, 0.1) is 33.2 Å². The summed E-state index contributed by atoms with van der Waals surface area (Å²) in [6.07, 6.45) is 0. The van der Waals surface area contributed by atoms with Gasteiger partial charge in [-0.1, -0.05) is 37.4 Å². The van der Waals surface area contributed by atoms with Gasteiger partial charge in [0, 0.05) is 21.3 Å². The molecule has 0 fully saturated rings. The Hall–Kier alpha value is 0.0865. The van der Waals surface area contributed by atoms with E-state index in [9.17, 15) is 0 Å². The van der Waals surface area contributed by atoms with Gasteiger partial charge in [0.1, 0.15) is 0 Å². The number of hydrogen-bond donors (Lipinski definition) is 0. The molecule has 0 aliphatic carbocycles. The second-order valence-electron chi connectivity index (χ2n) is 11.7. The summed E-state index contributed by atoms with van der Waals surface area (Å²) in [4.78, 5) is 0. The van der Waals surface area contributed by atoms with Gasteiger partial charge in [-0.05, 0) is 104 Å². The van der Waals surface area contributed by atoms with Gasteiger partial charge in [-0.25, -0.2) is 0 Å². The molecule has 2 aromatic carbocycles. The molecule has 1 heterocycles. The first kappa shape index (κ1) is 30.3. The van der Waals surface area contributed by atoms with E-state index in [1.807, 2.05) is 0 Å². The fourth-order valence-corrected chi connectivity index (χ4v) is 12.9. The topological polar surface area (TPSA) is 14.1 Å². The molecule has 3 rings (SSSR count). The van der Waals surface area contributed by atoms with Crippen molar-refractivity contribution in [3.63, 3.8) is 0 Å². The average Bonchev–Trinajstić information content (AvgIpc) is 2.70. The van der Waals surface area contributed by atoms with Crippen molar-refractivity contribution in [2.45, 2.75) is 111 Å². The van der Waals surface area contributed by atoms with Crippen molar-refractivity contribution in [2.24, 2.45) is 0 Å². The molecule has 1 aliphatic heterocycles. The van der Waals surface area contributed by atoms with Crippen molar-refractivity contribution in [3.05, 3.63) is 51.8 Å². The first-order valence-electron chi connectivity index (χ1n) is 12.7. The van der Waals surface area contributed by atoms with Gasteiger partial charge in [0.2, 0.25) is 0 Å². The van der Waals surface area contributed by atoms with Crippen LogP contribution in [0, 0.1) is 13.8 Å². The van der Waals surface area contributed by atoms with Crippen molar-refractivity contribution in [3.8, 4) is 0 Å². The normalized spacial score (nSPS) is 14.5. The molecule has 0 N–H and O–H groups in total. The molecular weight excluding hydrogens is 563 g/mol. The number of hydrogen-bond acceptors (Lipinski definition) is 0. The number of nitrogens with zero attached hydrogens (tertiary/aromatic N) is 1. The molecule has 0 bridgehead atoms. The van der Waals surface area contributed by atoms with E-state index in [0.29, 0.717) is 22.6 Å². The second kappa shape index (κ2) is 12.1. The molecule has 1 aliphatic rings. The monoisotopic (exact) mass is 608 g/mol. The van der Waals surface area contributed by atoms with Crippen LogP contribution in [0.3, 0.4) is 0 Å². The first-order valence-corrected chi connectivity index (χ1v) is 18.5. The van der Waals surface area contributed by atoms with Crippen LogP contribution >= 0.6 is 30.0 Å². The SMILES string of the molecule is Cc1cc([PH+](C(C)C)C(C)C)c2c(c1)C(C)(C)c1cc(C)cc([PH+](C(C)C)C(C)C)c1[N-]2.[Co+][Br]. The van der Waals surface area contributed by atoms with E-state index in [4.69, 9.17) is 5.32 Å². The van der Waals surface area contributed by atoms with Crippen molar-refractivity contribution < 1.29 is 13.9 Å². The second-order valence-corrected chi connectivity index (χ2v) is 19.2. The Bertz CT molecular complexity index is 905. The van der Waals surface area contributed by atoms with Crippen LogP contribution in [-0.4, -0.2) is 22.6 Å². The summed E-state index contributed by atoms with van der Waals surface area (Å²) in [5.74, 6) is 0. The molecule has 5 heteroatoms. The summed E-state index contributed by atoms with van der Waals surface area (Å²) in [6.45, 7) is 28.7. The molecule has 34 heavy (non-hydrogen) atoms. The molecular formula is C29H46BrCoNP2+2. The van der Waals surface area contributed by atoms with Gasteiger partial charge < -0.3 is 5.32 Å². The Labute approximate surface area is 227 Å². The van der Waals surface area contributed by atoms with E-state index < -0.39 is 15.8 Å². The summed E-state index contributed by atoms with van der Waals surface area (Å²) >= 11 is 6.00. The zero-order valence-corrected chi connectivity index (χ0v) is 27.9. The molecule has 0 radical (unpaired) electrons. The van der Waals surface area contributed by atoms with E-state index in [0.717, 1.165) is 0 Å². The van der Waals surface area contributed by atoms with Gasteiger partial charge >= 0.3 is 28.1 Å². The molecule has 0 spiro atoms. The Balaban J connectivity index is 0.00000199. The van der Waals surface area contributed by atoms with E-state index in [2.05, 4.69) is 135 Å². The molecule has 1 nitrogen and oxygen atoms in total. The minimum atomic E-state index is -0.728. The maximum atomic E-state index is 5.61. The van der Waals surface area contributed by atoms with Gasteiger partial charge in [0.15, 0.2) is 0 Å². The summed E-state index contributed by atoms with van der Waals surface area (Å²) in [5, 5.41) is 8.73. The van der Waals surface area contributed by atoms with Crippen LogP contribution in [0.1, 0.15) is 91.5 Å². The summed E-state index contributed by atoms with van der Waals surface area (Å²) in [7, 11) is -1.46. The van der Waals surface area contributed by atoms with Crippen molar-refractivity contribution >= 4 is 52.0 Å². The molecule has 0 atom stereocenters. The van der Waals surface area contributed by atoms with Gasteiger partial charge in [-0.15, -0.1) is 0 Å². The quantitative estimate of drug-likeness (QED) is 0.290. The van der Waals surface area contributed by atoms with Gasteiger partial charge in [0.25, 0.3) is 0 Å². The average molecular weight is 609 g/mol. The van der Waals surface area contributed by atoms with Crippen LogP contribution in [-0.2, 0) is 19.4 Å². The fraction of sp³-hybridized carbons (Fsp3) is 0.586. The zero-order valence-electron chi connectivity index (χ0n) is 23.3. The Morgan fingerprint density at radius 2 is 0.941 bits per heavy atom. The number of aryl methyl sites for hydroxylation is 2. The van der Waals surface area contributed by atoms with Crippen LogP contribution < -0.4 is 10.6 Å². The van der Waals surface area contributed by atoms with Crippen LogP contribution in [0.15, 0.2) is 24.3 Å². The Morgan fingerprint density at radius 1 is 0.647 bits per heavy atom. The van der Waals surface area contributed by atoms with Crippen molar-refractivity contribution in [1.29, 1.82) is 0 Å². The first-order chi connectivity index (χ1) is 15.8. The summed E-state index contributed by atoms with van der Waals surface area (Å²) in [6, 6.07) is 9.79. The Morgan fingerprint density at radius 3 is 1.21 bits per heavy atom. The third-order valence-electron chi connectivity index (χ3n) is 7.19. The van der Waals surface area contributed by atoms with E-state index in [1.54, 1.807) is 10.6 Å². The third-order valence-corrected chi connectivity index (χ3v) is 14.2. The van der Waals surface area contributed by atoms with Crippen LogP contribution in [0.25, 0.3) is 5.32 Å². The molecule has 0 unspecified atom stereocenters. The predicted octanol–water partition coefficient (Wildman–Crippen LogP) is 9.44. The predicted molar refractivity (Wildman–Crippen MR) is 163 cm³/mol.